The second kappa shape index (κ2) is 9.49. The van der Waals surface area contributed by atoms with Gasteiger partial charge in [-0.2, -0.15) is 0 Å². The first kappa shape index (κ1) is 21.3. The summed E-state index contributed by atoms with van der Waals surface area (Å²) >= 11 is 1.68. The molecule has 162 valence electrons. The van der Waals surface area contributed by atoms with E-state index in [1.54, 1.807) is 18.4 Å². The van der Waals surface area contributed by atoms with Gasteiger partial charge in [-0.1, -0.05) is 6.07 Å². The molecule has 1 saturated heterocycles. The summed E-state index contributed by atoms with van der Waals surface area (Å²) < 4.78 is 5.22. The van der Waals surface area contributed by atoms with Crippen LogP contribution >= 0.6 is 11.3 Å². The Morgan fingerprint density at radius 2 is 1.81 bits per heavy atom. The lowest BCUT2D eigenvalue weighted by Gasteiger charge is -2.34. The minimum absolute atomic E-state index is 0.0288. The summed E-state index contributed by atoms with van der Waals surface area (Å²) in [6.07, 6.45) is 0. The van der Waals surface area contributed by atoms with Crippen LogP contribution in [0.25, 0.3) is 11.3 Å². The fourth-order valence-electron chi connectivity index (χ4n) is 3.60. The van der Waals surface area contributed by atoms with E-state index in [0.717, 1.165) is 47.3 Å². The fraction of sp³-hybridized carbons (Fsp3) is 0.333. The van der Waals surface area contributed by atoms with Crippen LogP contribution in [-0.4, -0.2) is 54.1 Å². The monoisotopic (exact) mass is 436 g/mol. The Labute approximate surface area is 187 Å². The Kier molecular flexibility index (Phi) is 6.53. The summed E-state index contributed by atoms with van der Waals surface area (Å²) in [5.41, 5.74) is 5.35. The highest BCUT2D eigenvalue weighted by Crippen LogP contribution is 2.25. The number of nitrogens with one attached hydrogen (secondary N) is 1. The van der Waals surface area contributed by atoms with E-state index in [0.29, 0.717) is 13.1 Å². The first-order chi connectivity index (χ1) is 15.0. The Hall–Kier alpha value is -2.90. The lowest BCUT2D eigenvalue weighted by Crippen LogP contribution is -2.49. The Bertz CT molecular complexity index is 1040. The predicted octanol–water partition coefficient (Wildman–Crippen LogP) is 4.79. The van der Waals surface area contributed by atoms with Crippen LogP contribution in [0.5, 0.6) is 5.75 Å². The van der Waals surface area contributed by atoms with Crippen molar-refractivity contribution < 1.29 is 9.53 Å². The van der Waals surface area contributed by atoms with Crippen molar-refractivity contribution in [2.24, 2.45) is 0 Å². The van der Waals surface area contributed by atoms with E-state index in [-0.39, 0.29) is 6.03 Å². The topological polar surface area (TPSA) is 57.7 Å². The number of aromatic nitrogens is 1. The molecular formula is C24H28N4O2S. The summed E-state index contributed by atoms with van der Waals surface area (Å²) in [7, 11) is 1.67. The third-order valence-electron chi connectivity index (χ3n) is 5.71. The number of urea groups is 1. The Balaban J connectivity index is 1.28. The number of benzene rings is 2. The molecule has 0 aliphatic carbocycles. The number of methoxy groups -OCH3 is 1. The number of piperazine rings is 1. The number of rotatable bonds is 5. The van der Waals surface area contributed by atoms with Crippen LogP contribution in [0, 0.1) is 13.8 Å². The molecule has 31 heavy (non-hydrogen) atoms. The SMILES string of the molecule is COc1ccc(-c2csc(CN3CCN(C(=O)Nc4ccc(C)c(C)c4)CC3)n2)cc1. The summed E-state index contributed by atoms with van der Waals surface area (Å²) in [6.45, 7) is 8.06. The number of carbonyl (C=O) groups excluding carboxylic acids is 1. The van der Waals surface area contributed by atoms with Crippen molar-refractivity contribution >= 4 is 23.1 Å². The van der Waals surface area contributed by atoms with Gasteiger partial charge in [0.25, 0.3) is 0 Å². The van der Waals surface area contributed by atoms with Crippen LogP contribution in [0.1, 0.15) is 16.1 Å². The second-order valence-electron chi connectivity index (χ2n) is 7.85. The van der Waals surface area contributed by atoms with Gasteiger partial charge in [0.05, 0.1) is 19.3 Å². The second-order valence-corrected chi connectivity index (χ2v) is 8.79. The van der Waals surface area contributed by atoms with Crippen molar-refractivity contribution in [2.45, 2.75) is 20.4 Å². The summed E-state index contributed by atoms with van der Waals surface area (Å²) in [5.74, 6) is 0.846. The molecule has 1 aromatic heterocycles. The van der Waals surface area contributed by atoms with E-state index in [1.807, 2.05) is 47.4 Å². The molecular weight excluding hydrogens is 408 g/mol. The minimum Gasteiger partial charge on any atom is -0.497 e. The number of hydrogen-bond donors (Lipinski definition) is 1. The number of aryl methyl sites for hydroxylation is 2. The normalized spacial score (nSPS) is 14.5. The number of amides is 2. The molecule has 1 aliphatic heterocycles. The smallest absolute Gasteiger partial charge is 0.321 e. The third kappa shape index (κ3) is 5.24. The van der Waals surface area contributed by atoms with Gasteiger partial charge < -0.3 is 15.0 Å². The van der Waals surface area contributed by atoms with E-state index in [4.69, 9.17) is 9.72 Å². The maximum absolute atomic E-state index is 12.6. The largest absolute Gasteiger partial charge is 0.497 e. The molecule has 0 radical (unpaired) electrons. The molecule has 3 aromatic rings. The molecule has 1 N–H and O–H groups in total. The van der Waals surface area contributed by atoms with Gasteiger partial charge >= 0.3 is 6.03 Å². The molecule has 0 unspecified atom stereocenters. The first-order valence-electron chi connectivity index (χ1n) is 10.5. The highest BCUT2D eigenvalue weighted by Gasteiger charge is 2.22. The maximum atomic E-state index is 12.6. The van der Waals surface area contributed by atoms with Crippen molar-refractivity contribution in [3.63, 3.8) is 0 Å². The van der Waals surface area contributed by atoms with Crippen LogP contribution in [-0.2, 0) is 6.54 Å². The van der Waals surface area contributed by atoms with E-state index in [9.17, 15) is 4.79 Å². The molecule has 0 atom stereocenters. The van der Waals surface area contributed by atoms with E-state index >= 15 is 0 Å². The van der Waals surface area contributed by atoms with Gasteiger partial charge in [0.2, 0.25) is 0 Å². The molecule has 0 saturated carbocycles. The summed E-state index contributed by atoms with van der Waals surface area (Å²) in [6, 6.07) is 14.0. The van der Waals surface area contributed by atoms with E-state index in [2.05, 4.69) is 29.4 Å². The summed E-state index contributed by atoms with van der Waals surface area (Å²) in [5, 5.41) is 6.22. The number of hydrogen-bond acceptors (Lipinski definition) is 5. The molecule has 0 bridgehead atoms. The quantitative estimate of drug-likeness (QED) is 0.625. The van der Waals surface area contributed by atoms with Crippen molar-refractivity contribution in [3.8, 4) is 17.0 Å². The maximum Gasteiger partial charge on any atom is 0.321 e. The lowest BCUT2D eigenvalue weighted by molar-refractivity contribution is 0.143. The Morgan fingerprint density at radius 3 is 2.48 bits per heavy atom. The van der Waals surface area contributed by atoms with Crippen molar-refractivity contribution in [1.29, 1.82) is 0 Å². The molecule has 4 rings (SSSR count). The number of nitrogens with zero attached hydrogens (tertiary/aromatic N) is 3. The zero-order valence-electron chi connectivity index (χ0n) is 18.2. The molecule has 7 heteroatoms. The average Bonchev–Trinajstić information content (AvgIpc) is 3.25. The van der Waals surface area contributed by atoms with Crippen LogP contribution in [0.15, 0.2) is 47.8 Å². The van der Waals surface area contributed by atoms with Gasteiger partial charge in [0, 0.05) is 42.8 Å². The average molecular weight is 437 g/mol. The van der Waals surface area contributed by atoms with Crippen LogP contribution in [0.3, 0.4) is 0 Å². The minimum atomic E-state index is -0.0288. The molecule has 2 heterocycles. The standard InChI is InChI=1S/C24H28N4O2S/c1-17-4-7-20(14-18(17)2)25-24(29)28-12-10-27(11-13-28)15-23-26-22(16-31-23)19-5-8-21(30-3)9-6-19/h4-9,14,16H,10-13,15H2,1-3H3,(H,25,29). The molecule has 6 nitrogen and oxygen atoms in total. The van der Waals surface area contributed by atoms with E-state index in [1.165, 1.54) is 11.1 Å². The molecule has 1 aliphatic rings. The highest BCUT2D eigenvalue weighted by molar-refractivity contribution is 7.09. The number of carbonyl (C=O) groups is 1. The Morgan fingerprint density at radius 1 is 1.06 bits per heavy atom. The van der Waals surface area contributed by atoms with Gasteiger partial charge in [-0.15, -0.1) is 11.3 Å². The van der Waals surface area contributed by atoms with Crippen LogP contribution < -0.4 is 10.1 Å². The summed E-state index contributed by atoms with van der Waals surface area (Å²) in [4.78, 5) is 21.7. The van der Waals surface area contributed by atoms with Crippen molar-refractivity contribution in [3.05, 3.63) is 64.0 Å². The lowest BCUT2D eigenvalue weighted by atomic mass is 10.1. The van der Waals surface area contributed by atoms with Gasteiger partial charge in [-0.3, -0.25) is 4.90 Å². The zero-order valence-corrected chi connectivity index (χ0v) is 19.0. The predicted molar refractivity (Wildman–Crippen MR) is 126 cm³/mol. The third-order valence-corrected chi connectivity index (χ3v) is 6.55. The number of anilines is 1. The van der Waals surface area contributed by atoms with Gasteiger partial charge in [-0.05, 0) is 61.4 Å². The van der Waals surface area contributed by atoms with Gasteiger partial charge in [0.1, 0.15) is 10.8 Å². The van der Waals surface area contributed by atoms with Crippen LogP contribution in [0.2, 0.25) is 0 Å². The van der Waals surface area contributed by atoms with E-state index < -0.39 is 0 Å². The highest BCUT2D eigenvalue weighted by atomic mass is 32.1. The zero-order chi connectivity index (χ0) is 21.8. The van der Waals surface area contributed by atoms with Crippen molar-refractivity contribution in [2.75, 3.05) is 38.6 Å². The molecule has 1 fully saturated rings. The first-order valence-corrected chi connectivity index (χ1v) is 11.3. The number of ether oxygens (including phenoxy) is 1. The number of thiazole rings is 1. The van der Waals surface area contributed by atoms with Gasteiger partial charge in [0.15, 0.2) is 0 Å². The van der Waals surface area contributed by atoms with Crippen molar-refractivity contribution in [1.82, 2.24) is 14.8 Å². The molecule has 0 spiro atoms. The molecule has 2 aromatic carbocycles. The fourth-order valence-corrected chi connectivity index (χ4v) is 4.44. The van der Waals surface area contributed by atoms with Gasteiger partial charge in [-0.25, -0.2) is 9.78 Å². The molecule has 2 amide bonds. The van der Waals surface area contributed by atoms with Crippen LogP contribution in [0.4, 0.5) is 10.5 Å².